The standard InChI is InChI=1S/C32H37Br2Cl/c1-31(2,3)23-11-13-25(28(33)18-23)20-15-21(17-22(16-20)27-9-7-8-10-30(27)35)26-14-12-24(19-29(26)34)32(4,5)6/h7-14,18-22H,15-17H2,1-6H3. The van der Waals surface area contributed by atoms with E-state index in [9.17, 15) is 0 Å². The molecule has 1 saturated carbocycles. The van der Waals surface area contributed by atoms with Gasteiger partial charge in [0.15, 0.2) is 0 Å². The summed E-state index contributed by atoms with van der Waals surface area (Å²) in [5.41, 5.74) is 7.12. The van der Waals surface area contributed by atoms with Gasteiger partial charge < -0.3 is 0 Å². The highest BCUT2D eigenvalue weighted by Crippen LogP contribution is 2.51. The van der Waals surface area contributed by atoms with Crippen molar-refractivity contribution in [3.05, 3.63) is 102 Å². The van der Waals surface area contributed by atoms with E-state index in [-0.39, 0.29) is 10.8 Å². The molecule has 0 spiro atoms. The van der Waals surface area contributed by atoms with Gasteiger partial charge in [-0.3, -0.25) is 0 Å². The quantitative estimate of drug-likeness (QED) is 0.275. The van der Waals surface area contributed by atoms with Crippen LogP contribution in [0.15, 0.2) is 69.6 Å². The third-order valence-electron chi connectivity index (χ3n) is 7.66. The van der Waals surface area contributed by atoms with Gasteiger partial charge in [0.05, 0.1) is 0 Å². The fraction of sp³-hybridized carbons (Fsp3) is 0.438. The van der Waals surface area contributed by atoms with Crippen molar-refractivity contribution >= 4 is 43.5 Å². The molecule has 1 aliphatic carbocycles. The van der Waals surface area contributed by atoms with Crippen LogP contribution in [-0.2, 0) is 10.8 Å². The topological polar surface area (TPSA) is 0 Å². The molecule has 2 unspecified atom stereocenters. The van der Waals surface area contributed by atoms with Crippen molar-refractivity contribution in [3.8, 4) is 0 Å². The molecule has 1 fully saturated rings. The molecule has 1 aliphatic rings. The minimum Gasteiger partial charge on any atom is -0.0840 e. The maximum atomic E-state index is 6.73. The normalized spacial score (nSPS) is 21.2. The Labute approximate surface area is 234 Å². The summed E-state index contributed by atoms with van der Waals surface area (Å²) in [6.45, 7) is 13.7. The van der Waals surface area contributed by atoms with Crippen LogP contribution >= 0.6 is 43.5 Å². The van der Waals surface area contributed by atoms with E-state index in [0.717, 1.165) is 24.3 Å². The lowest BCUT2D eigenvalue weighted by atomic mass is 9.68. The largest absolute Gasteiger partial charge is 0.0840 e. The number of hydrogen-bond acceptors (Lipinski definition) is 0. The van der Waals surface area contributed by atoms with Crippen LogP contribution in [0.5, 0.6) is 0 Å². The van der Waals surface area contributed by atoms with Crippen molar-refractivity contribution in [1.82, 2.24) is 0 Å². The first-order chi connectivity index (χ1) is 16.3. The Morgan fingerprint density at radius 2 is 1.00 bits per heavy atom. The summed E-state index contributed by atoms with van der Waals surface area (Å²) in [5, 5.41) is 0.890. The Morgan fingerprint density at radius 3 is 1.37 bits per heavy atom. The van der Waals surface area contributed by atoms with Gasteiger partial charge in [-0.25, -0.2) is 0 Å². The third kappa shape index (κ3) is 6.08. The molecule has 0 aromatic heterocycles. The first-order valence-corrected chi connectivity index (χ1v) is 14.6. The molecule has 0 nitrogen and oxygen atoms in total. The van der Waals surface area contributed by atoms with E-state index in [4.69, 9.17) is 11.6 Å². The van der Waals surface area contributed by atoms with E-state index >= 15 is 0 Å². The van der Waals surface area contributed by atoms with Gasteiger partial charge in [-0.2, -0.15) is 0 Å². The van der Waals surface area contributed by atoms with Crippen LogP contribution in [0.3, 0.4) is 0 Å². The minimum atomic E-state index is 0.135. The summed E-state index contributed by atoms with van der Waals surface area (Å²) in [7, 11) is 0. The Kier molecular flexibility index (Phi) is 7.97. The summed E-state index contributed by atoms with van der Waals surface area (Å²) < 4.78 is 2.46. The fourth-order valence-corrected chi connectivity index (χ4v) is 7.23. The fourth-order valence-electron chi connectivity index (χ4n) is 5.54. The molecule has 0 bridgehead atoms. The molecule has 35 heavy (non-hydrogen) atoms. The molecule has 0 radical (unpaired) electrons. The summed E-state index contributed by atoms with van der Waals surface area (Å²) in [4.78, 5) is 0. The molecular weight excluding hydrogens is 580 g/mol. The monoisotopic (exact) mass is 614 g/mol. The number of hydrogen-bond donors (Lipinski definition) is 0. The minimum absolute atomic E-state index is 0.135. The second-order valence-electron chi connectivity index (χ2n) is 12.3. The first kappa shape index (κ1) is 27.0. The molecule has 4 rings (SSSR count). The Hall–Kier alpha value is -1.09. The molecule has 0 heterocycles. The second kappa shape index (κ2) is 10.3. The molecule has 3 aromatic carbocycles. The molecule has 3 aromatic rings. The van der Waals surface area contributed by atoms with Crippen LogP contribution in [0.2, 0.25) is 5.02 Å². The van der Waals surface area contributed by atoms with Crippen LogP contribution in [0, 0.1) is 0 Å². The highest BCUT2D eigenvalue weighted by Gasteiger charge is 2.34. The Balaban J connectivity index is 1.74. The van der Waals surface area contributed by atoms with E-state index in [1.807, 2.05) is 12.1 Å². The number of halogens is 3. The lowest BCUT2D eigenvalue weighted by molar-refractivity contribution is 0.350. The lowest BCUT2D eigenvalue weighted by Crippen LogP contribution is -2.21. The van der Waals surface area contributed by atoms with Crippen LogP contribution < -0.4 is 0 Å². The predicted molar refractivity (Wildman–Crippen MR) is 159 cm³/mol. The molecule has 186 valence electrons. The van der Waals surface area contributed by atoms with E-state index in [2.05, 4.69) is 122 Å². The van der Waals surface area contributed by atoms with Crippen molar-refractivity contribution < 1.29 is 0 Å². The van der Waals surface area contributed by atoms with Gasteiger partial charge in [0, 0.05) is 14.0 Å². The molecule has 2 atom stereocenters. The Morgan fingerprint density at radius 1 is 0.600 bits per heavy atom. The van der Waals surface area contributed by atoms with Gasteiger partial charge in [-0.05, 0) is 93.9 Å². The average Bonchev–Trinajstić information content (AvgIpc) is 2.77. The SMILES string of the molecule is CC(C)(C)c1ccc(C2CC(c3ccccc3Cl)CC(c3ccc(C(C)(C)C)cc3Br)C2)c(Br)c1. The summed E-state index contributed by atoms with van der Waals surface area (Å²) in [6.07, 6.45) is 3.37. The summed E-state index contributed by atoms with van der Waals surface area (Å²) in [5.74, 6) is 1.36. The van der Waals surface area contributed by atoms with Crippen LogP contribution in [0.1, 0.15) is 106 Å². The number of benzene rings is 3. The van der Waals surface area contributed by atoms with Gasteiger partial charge in [0.1, 0.15) is 0 Å². The zero-order chi connectivity index (χ0) is 25.5. The van der Waals surface area contributed by atoms with E-state index in [1.54, 1.807) is 0 Å². The van der Waals surface area contributed by atoms with Gasteiger partial charge in [0.25, 0.3) is 0 Å². The van der Waals surface area contributed by atoms with E-state index < -0.39 is 0 Å². The van der Waals surface area contributed by atoms with Crippen molar-refractivity contribution in [2.75, 3.05) is 0 Å². The maximum Gasteiger partial charge on any atom is 0.0440 e. The van der Waals surface area contributed by atoms with Crippen molar-refractivity contribution in [3.63, 3.8) is 0 Å². The lowest BCUT2D eigenvalue weighted by Gasteiger charge is -2.37. The highest BCUT2D eigenvalue weighted by molar-refractivity contribution is 9.10. The van der Waals surface area contributed by atoms with Crippen LogP contribution in [0.25, 0.3) is 0 Å². The van der Waals surface area contributed by atoms with Crippen LogP contribution in [0.4, 0.5) is 0 Å². The predicted octanol–water partition coefficient (Wildman–Crippen LogP) is 11.3. The summed E-state index contributed by atoms with van der Waals surface area (Å²) >= 11 is 14.6. The Bertz CT molecular complexity index is 1130. The molecular formula is C32H37Br2Cl. The highest BCUT2D eigenvalue weighted by atomic mass is 79.9. The van der Waals surface area contributed by atoms with Crippen molar-refractivity contribution in [2.24, 2.45) is 0 Å². The zero-order valence-corrected chi connectivity index (χ0v) is 25.7. The van der Waals surface area contributed by atoms with Crippen molar-refractivity contribution in [2.45, 2.75) is 89.4 Å². The van der Waals surface area contributed by atoms with Gasteiger partial charge >= 0.3 is 0 Å². The molecule has 0 saturated heterocycles. The van der Waals surface area contributed by atoms with E-state index in [1.165, 1.54) is 36.8 Å². The van der Waals surface area contributed by atoms with Gasteiger partial charge in [-0.15, -0.1) is 0 Å². The van der Waals surface area contributed by atoms with Gasteiger partial charge in [-0.1, -0.05) is 127 Å². The van der Waals surface area contributed by atoms with Gasteiger partial charge in [0.2, 0.25) is 0 Å². The first-order valence-electron chi connectivity index (χ1n) is 12.7. The number of rotatable bonds is 3. The van der Waals surface area contributed by atoms with Crippen LogP contribution in [-0.4, -0.2) is 0 Å². The zero-order valence-electron chi connectivity index (χ0n) is 21.8. The summed E-state index contributed by atoms with van der Waals surface area (Å²) in [6, 6.07) is 22.5. The maximum absolute atomic E-state index is 6.73. The molecule has 0 N–H and O–H groups in total. The molecule has 0 amide bonds. The smallest absolute Gasteiger partial charge is 0.0440 e. The second-order valence-corrected chi connectivity index (χ2v) is 14.4. The van der Waals surface area contributed by atoms with Crippen molar-refractivity contribution in [1.29, 1.82) is 0 Å². The molecule has 0 aliphatic heterocycles. The molecule has 3 heteroatoms. The van der Waals surface area contributed by atoms with E-state index in [0.29, 0.717) is 17.8 Å². The average molecular weight is 617 g/mol. The third-order valence-corrected chi connectivity index (χ3v) is 9.38.